The average Bonchev–Trinajstić information content (AvgIpc) is 3.16. The number of carbonyl (C=O) groups excluding carboxylic acids is 2. The van der Waals surface area contributed by atoms with Gasteiger partial charge in [0.1, 0.15) is 6.54 Å². The molecule has 1 aliphatic carbocycles. The highest BCUT2D eigenvalue weighted by Crippen LogP contribution is 2.36. The first kappa shape index (κ1) is 17.6. The Kier molecular flexibility index (Phi) is 4.87. The van der Waals surface area contributed by atoms with E-state index in [1.807, 2.05) is 4.90 Å². The number of nitrogens with zero attached hydrogens (tertiary/aromatic N) is 5. The van der Waals surface area contributed by atoms with Gasteiger partial charge in [-0.25, -0.2) is 0 Å². The Morgan fingerprint density at radius 2 is 1.81 bits per heavy atom. The summed E-state index contributed by atoms with van der Waals surface area (Å²) in [7, 11) is 0. The molecule has 0 bridgehead atoms. The van der Waals surface area contributed by atoms with E-state index < -0.39 is 5.91 Å². The molecule has 2 atom stereocenters. The van der Waals surface area contributed by atoms with E-state index in [-0.39, 0.29) is 12.5 Å². The minimum atomic E-state index is -0.481. The molecule has 1 aromatic carbocycles. The number of tetrazole rings is 1. The number of likely N-dealkylation sites (tertiary alicyclic amines) is 1. The van der Waals surface area contributed by atoms with Gasteiger partial charge < -0.3 is 10.6 Å². The van der Waals surface area contributed by atoms with E-state index >= 15 is 0 Å². The van der Waals surface area contributed by atoms with Gasteiger partial charge in [-0.2, -0.15) is 4.80 Å². The molecule has 1 saturated heterocycles. The first-order chi connectivity index (χ1) is 13.1. The van der Waals surface area contributed by atoms with Crippen molar-refractivity contribution in [3.8, 4) is 11.4 Å². The summed E-state index contributed by atoms with van der Waals surface area (Å²) >= 11 is 0. The quantitative estimate of drug-likeness (QED) is 0.879. The lowest BCUT2D eigenvalue weighted by Gasteiger charge is -2.41. The normalized spacial score (nSPS) is 22.3. The van der Waals surface area contributed by atoms with Gasteiger partial charge in [-0.05, 0) is 42.0 Å². The van der Waals surface area contributed by atoms with Crippen LogP contribution < -0.4 is 5.73 Å². The third-order valence-corrected chi connectivity index (χ3v) is 5.80. The van der Waals surface area contributed by atoms with E-state index in [2.05, 4.69) is 15.4 Å². The Labute approximate surface area is 157 Å². The molecule has 2 heterocycles. The van der Waals surface area contributed by atoms with Crippen molar-refractivity contribution < 1.29 is 9.59 Å². The van der Waals surface area contributed by atoms with Crippen molar-refractivity contribution in [2.75, 3.05) is 13.1 Å². The molecular formula is C19H24N6O2. The van der Waals surface area contributed by atoms with Crippen LogP contribution in [0.5, 0.6) is 0 Å². The van der Waals surface area contributed by atoms with Gasteiger partial charge in [0.05, 0.1) is 0 Å². The van der Waals surface area contributed by atoms with E-state index in [4.69, 9.17) is 5.73 Å². The highest BCUT2D eigenvalue weighted by Gasteiger charge is 2.33. The highest BCUT2D eigenvalue weighted by atomic mass is 16.2. The van der Waals surface area contributed by atoms with Crippen LogP contribution in [0.15, 0.2) is 24.3 Å². The van der Waals surface area contributed by atoms with Crippen LogP contribution in [0, 0.1) is 11.8 Å². The van der Waals surface area contributed by atoms with Crippen molar-refractivity contribution in [2.24, 2.45) is 17.6 Å². The molecule has 1 saturated carbocycles. The van der Waals surface area contributed by atoms with Gasteiger partial charge in [-0.1, -0.05) is 31.4 Å². The number of piperidine rings is 1. The fourth-order valence-corrected chi connectivity index (χ4v) is 4.26. The lowest BCUT2D eigenvalue weighted by molar-refractivity contribution is -0.135. The maximum atomic E-state index is 12.7. The van der Waals surface area contributed by atoms with Gasteiger partial charge in [0.15, 0.2) is 0 Å². The number of hydrogen-bond acceptors (Lipinski definition) is 5. The number of carbonyl (C=O) groups is 2. The first-order valence-corrected chi connectivity index (χ1v) is 9.56. The number of aromatic nitrogens is 4. The van der Waals surface area contributed by atoms with Crippen LogP contribution in [0.3, 0.4) is 0 Å². The molecule has 27 heavy (non-hydrogen) atoms. The minimum Gasteiger partial charge on any atom is -0.366 e. The van der Waals surface area contributed by atoms with Gasteiger partial charge in [0.2, 0.25) is 17.6 Å². The summed E-state index contributed by atoms with van der Waals surface area (Å²) in [4.78, 5) is 27.1. The predicted molar refractivity (Wildman–Crippen MR) is 98.4 cm³/mol. The number of nitrogens with two attached hydrogens (primary N) is 1. The minimum absolute atomic E-state index is 0.0482. The first-order valence-electron chi connectivity index (χ1n) is 9.56. The van der Waals surface area contributed by atoms with Crippen LogP contribution in [0.25, 0.3) is 11.4 Å². The number of amides is 2. The second-order valence-corrected chi connectivity index (χ2v) is 7.52. The molecule has 1 aromatic heterocycles. The molecule has 0 radical (unpaired) electrons. The Balaban J connectivity index is 1.38. The molecular weight excluding hydrogens is 344 g/mol. The van der Waals surface area contributed by atoms with Crippen molar-refractivity contribution >= 4 is 11.8 Å². The van der Waals surface area contributed by atoms with Gasteiger partial charge >= 0.3 is 0 Å². The van der Waals surface area contributed by atoms with E-state index in [0.717, 1.165) is 31.0 Å². The maximum absolute atomic E-state index is 12.7. The zero-order chi connectivity index (χ0) is 18.8. The third-order valence-electron chi connectivity index (χ3n) is 5.80. The molecule has 2 amide bonds. The fraction of sp³-hybridized carbons (Fsp3) is 0.526. The SMILES string of the molecule is NC(=O)c1ccc(-c2nnn(CC(=O)N3CC[C@@H]4CCCC[C@H]4C3)n2)cc1. The monoisotopic (exact) mass is 368 g/mol. The number of fused-ring (bicyclic) bond motifs is 1. The second kappa shape index (κ2) is 7.46. The largest absolute Gasteiger partial charge is 0.366 e. The molecule has 1 aliphatic heterocycles. The summed E-state index contributed by atoms with van der Waals surface area (Å²) in [6.45, 7) is 1.79. The van der Waals surface area contributed by atoms with Crippen LogP contribution in [0.2, 0.25) is 0 Å². The van der Waals surface area contributed by atoms with Crippen molar-refractivity contribution in [2.45, 2.75) is 38.6 Å². The third kappa shape index (κ3) is 3.84. The van der Waals surface area contributed by atoms with Crippen LogP contribution in [0.1, 0.15) is 42.5 Å². The van der Waals surface area contributed by atoms with E-state index in [0.29, 0.717) is 17.3 Å². The Bertz CT molecular complexity index is 831. The van der Waals surface area contributed by atoms with Crippen molar-refractivity contribution in [1.29, 1.82) is 0 Å². The number of benzene rings is 1. The zero-order valence-corrected chi connectivity index (χ0v) is 15.3. The predicted octanol–water partition coefficient (Wildman–Crippen LogP) is 1.48. The molecule has 8 nitrogen and oxygen atoms in total. The van der Waals surface area contributed by atoms with Crippen LogP contribution in [0.4, 0.5) is 0 Å². The van der Waals surface area contributed by atoms with Crippen LogP contribution in [-0.4, -0.2) is 50.0 Å². The summed E-state index contributed by atoms with van der Waals surface area (Å²) < 4.78 is 0. The van der Waals surface area contributed by atoms with Crippen molar-refractivity contribution in [3.05, 3.63) is 29.8 Å². The topological polar surface area (TPSA) is 107 Å². The van der Waals surface area contributed by atoms with Gasteiger partial charge in [0.25, 0.3) is 0 Å². The van der Waals surface area contributed by atoms with E-state index in [9.17, 15) is 9.59 Å². The summed E-state index contributed by atoms with van der Waals surface area (Å²) in [6.07, 6.45) is 6.28. The number of primary amides is 1. The number of hydrogen-bond donors (Lipinski definition) is 1. The molecule has 2 fully saturated rings. The van der Waals surface area contributed by atoms with Crippen molar-refractivity contribution in [1.82, 2.24) is 25.1 Å². The molecule has 2 N–H and O–H groups in total. The lowest BCUT2D eigenvalue weighted by Crippen LogP contribution is -2.46. The Morgan fingerprint density at radius 3 is 2.56 bits per heavy atom. The van der Waals surface area contributed by atoms with Crippen LogP contribution >= 0.6 is 0 Å². The summed E-state index contributed by atoms with van der Waals surface area (Å²) in [5.74, 6) is 1.43. The van der Waals surface area contributed by atoms with Crippen LogP contribution in [-0.2, 0) is 11.3 Å². The highest BCUT2D eigenvalue weighted by molar-refractivity contribution is 5.93. The molecule has 142 valence electrons. The van der Waals surface area contributed by atoms with Gasteiger partial charge in [-0.15, -0.1) is 10.2 Å². The molecule has 0 spiro atoms. The Morgan fingerprint density at radius 1 is 1.07 bits per heavy atom. The van der Waals surface area contributed by atoms with E-state index in [1.165, 1.54) is 30.5 Å². The standard InChI is InChI=1S/C19H24N6O2/c20-18(27)14-5-7-15(8-6-14)19-21-23-25(22-19)12-17(26)24-10-9-13-3-1-2-4-16(13)11-24/h5-8,13,16H,1-4,9-12H2,(H2,20,27)/t13-,16-/m0/s1. The molecule has 0 unspecified atom stereocenters. The van der Waals surface area contributed by atoms with Crippen molar-refractivity contribution in [3.63, 3.8) is 0 Å². The summed E-state index contributed by atoms with van der Waals surface area (Å²) in [6, 6.07) is 6.68. The molecule has 8 heteroatoms. The second-order valence-electron chi connectivity index (χ2n) is 7.52. The molecule has 4 rings (SSSR count). The summed E-state index contributed by atoms with van der Waals surface area (Å²) in [5.41, 5.74) is 6.39. The van der Waals surface area contributed by atoms with Gasteiger partial charge in [0, 0.05) is 24.2 Å². The zero-order valence-electron chi connectivity index (χ0n) is 15.3. The molecule has 2 aliphatic rings. The Hall–Kier alpha value is -2.77. The maximum Gasteiger partial charge on any atom is 0.248 e. The number of rotatable bonds is 4. The lowest BCUT2D eigenvalue weighted by atomic mass is 9.75. The summed E-state index contributed by atoms with van der Waals surface area (Å²) in [5, 5.41) is 12.3. The average molecular weight is 368 g/mol. The fourth-order valence-electron chi connectivity index (χ4n) is 4.26. The molecule has 2 aromatic rings. The van der Waals surface area contributed by atoms with Gasteiger partial charge in [-0.3, -0.25) is 9.59 Å². The van der Waals surface area contributed by atoms with E-state index in [1.54, 1.807) is 24.3 Å². The smallest absolute Gasteiger partial charge is 0.248 e.